The second-order valence-electron chi connectivity index (χ2n) is 10.6. The topological polar surface area (TPSA) is 86.8 Å². The molecule has 7 nitrogen and oxygen atoms in total. The van der Waals surface area contributed by atoms with E-state index in [-0.39, 0.29) is 29.1 Å². The fraction of sp³-hybridized carbons (Fsp3) is 0.375. The fourth-order valence-corrected chi connectivity index (χ4v) is 6.83. The van der Waals surface area contributed by atoms with Crippen LogP contribution in [0.2, 0.25) is 5.02 Å². The van der Waals surface area contributed by atoms with Gasteiger partial charge in [-0.2, -0.15) is 0 Å². The van der Waals surface area contributed by atoms with Gasteiger partial charge in [0.2, 0.25) is 11.8 Å². The number of nitrogens with zero attached hydrogens (tertiary/aromatic N) is 2. The van der Waals surface area contributed by atoms with E-state index in [1.54, 1.807) is 30.3 Å². The molecule has 1 atom stereocenters. The van der Waals surface area contributed by atoms with Crippen LogP contribution >= 0.6 is 11.6 Å². The second kappa shape index (κ2) is 14.0. The number of nitrogens with one attached hydrogen (secondary N) is 1. The summed E-state index contributed by atoms with van der Waals surface area (Å²) in [6.07, 6.45) is 5.54. The molecular weight excluding hydrogens is 558 g/mol. The highest BCUT2D eigenvalue weighted by molar-refractivity contribution is 7.92. The van der Waals surface area contributed by atoms with Crippen LogP contribution in [-0.2, 0) is 26.2 Å². The number of carbonyl (C=O) groups excluding carboxylic acids is 2. The van der Waals surface area contributed by atoms with Crippen LogP contribution in [-0.4, -0.2) is 43.8 Å². The smallest absolute Gasteiger partial charge is 0.264 e. The fourth-order valence-electron chi connectivity index (χ4n) is 5.24. The summed E-state index contributed by atoms with van der Waals surface area (Å²) < 4.78 is 29.0. The van der Waals surface area contributed by atoms with Crippen LogP contribution in [0.3, 0.4) is 0 Å². The second-order valence-corrected chi connectivity index (χ2v) is 12.9. The number of hydrogen-bond donors (Lipinski definition) is 1. The number of amides is 2. The van der Waals surface area contributed by atoms with Gasteiger partial charge in [0, 0.05) is 17.6 Å². The Morgan fingerprint density at radius 3 is 2.27 bits per heavy atom. The van der Waals surface area contributed by atoms with Crippen molar-refractivity contribution in [1.29, 1.82) is 0 Å². The lowest BCUT2D eigenvalue weighted by Gasteiger charge is -2.34. The molecule has 0 spiro atoms. The van der Waals surface area contributed by atoms with E-state index in [1.807, 2.05) is 44.2 Å². The lowest BCUT2D eigenvalue weighted by molar-refractivity contribution is -0.140. The summed E-state index contributed by atoms with van der Waals surface area (Å²) >= 11 is 6.25. The van der Waals surface area contributed by atoms with Crippen LogP contribution in [0.5, 0.6) is 0 Å². The van der Waals surface area contributed by atoms with Crippen molar-refractivity contribution in [1.82, 2.24) is 10.2 Å². The quantitative estimate of drug-likeness (QED) is 0.290. The Labute approximate surface area is 248 Å². The van der Waals surface area contributed by atoms with Crippen molar-refractivity contribution in [2.45, 2.75) is 75.9 Å². The number of halogens is 1. The maximum atomic E-state index is 14.2. The molecule has 1 unspecified atom stereocenters. The normalized spacial score (nSPS) is 14.7. The van der Waals surface area contributed by atoms with Crippen molar-refractivity contribution < 1.29 is 18.0 Å². The summed E-state index contributed by atoms with van der Waals surface area (Å²) in [4.78, 5) is 29.3. The van der Waals surface area contributed by atoms with Gasteiger partial charge in [-0.05, 0) is 62.1 Å². The molecule has 1 fully saturated rings. The summed E-state index contributed by atoms with van der Waals surface area (Å²) in [6, 6.07) is 21.7. The number of carbonyl (C=O) groups is 2. The Morgan fingerprint density at radius 2 is 1.63 bits per heavy atom. The first-order chi connectivity index (χ1) is 19.7. The third-order valence-electron chi connectivity index (χ3n) is 7.52. The molecule has 0 bridgehead atoms. The molecule has 1 aliphatic rings. The molecule has 41 heavy (non-hydrogen) atoms. The Bertz CT molecular complexity index is 1420. The van der Waals surface area contributed by atoms with E-state index in [4.69, 9.17) is 11.6 Å². The van der Waals surface area contributed by atoms with Gasteiger partial charge in [0.15, 0.2) is 0 Å². The summed E-state index contributed by atoms with van der Waals surface area (Å²) in [7, 11) is -4.14. The van der Waals surface area contributed by atoms with Gasteiger partial charge in [0.05, 0.1) is 10.6 Å². The van der Waals surface area contributed by atoms with E-state index < -0.39 is 28.5 Å². The number of rotatable bonds is 11. The number of anilines is 1. The molecule has 0 aliphatic heterocycles. The summed E-state index contributed by atoms with van der Waals surface area (Å²) in [5.74, 6) is -0.686. The van der Waals surface area contributed by atoms with Crippen molar-refractivity contribution >= 4 is 39.1 Å². The van der Waals surface area contributed by atoms with Gasteiger partial charge in [-0.15, -0.1) is 0 Å². The van der Waals surface area contributed by atoms with Crippen LogP contribution < -0.4 is 9.62 Å². The number of aryl methyl sites for hydroxylation is 1. The molecule has 4 rings (SSSR count). The molecule has 0 heterocycles. The van der Waals surface area contributed by atoms with Crippen LogP contribution in [0.25, 0.3) is 0 Å². The molecule has 0 aromatic heterocycles. The highest BCUT2D eigenvalue weighted by Crippen LogP contribution is 2.27. The summed E-state index contributed by atoms with van der Waals surface area (Å²) in [5.41, 5.74) is 2.03. The van der Waals surface area contributed by atoms with E-state index in [2.05, 4.69) is 5.32 Å². The average molecular weight is 596 g/mol. The number of hydrogen-bond acceptors (Lipinski definition) is 4. The molecular formula is C32H38ClN3O4S. The molecule has 3 aromatic carbocycles. The number of sulfonamides is 1. The van der Waals surface area contributed by atoms with E-state index in [9.17, 15) is 18.0 Å². The molecule has 1 saturated carbocycles. The van der Waals surface area contributed by atoms with Crippen LogP contribution in [0.1, 0.15) is 56.6 Å². The molecule has 9 heteroatoms. The molecule has 1 aliphatic carbocycles. The van der Waals surface area contributed by atoms with E-state index in [1.165, 1.54) is 23.1 Å². The van der Waals surface area contributed by atoms with Crippen LogP contribution in [0.4, 0.5) is 5.69 Å². The van der Waals surface area contributed by atoms with E-state index >= 15 is 0 Å². The number of benzene rings is 3. The maximum Gasteiger partial charge on any atom is 0.264 e. The third-order valence-corrected chi connectivity index (χ3v) is 9.54. The first-order valence-electron chi connectivity index (χ1n) is 14.2. The van der Waals surface area contributed by atoms with Crippen molar-refractivity contribution in [3.8, 4) is 0 Å². The molecule has 3 aromatic rings. The molecule has 2 amide bonds. The van der Waals surface area contributed by atoms with Crippen molar-refractivity contribution in [3.05, 3.63) is 95.0 Å². The van der Waals surface area contributed by atoms with Gasteiger partial charge in [-0.1, -0.05) is 91.9 Å². The standard InChI is InChI=1S/C32H38ClN3O4S/c1-3-30(32(38)34-27-14-8-5-9-15-27)35(22-25-11-6-4-7-12-25)31(37)23-36(28-16-10-13-26(33)21-28)41(39,40)29-19-17-24(2)18-20-29/h4,6-7,10-13,16-21,27,30H,3,5,8-9,14-15,22-23H2,1-2H3,(H,34,38). The van der Waals surface area contributed by atoms with Crippen molar-refractivity contribution in [3.63, 3.8) is 0 Å². The van der Waals surface area contributed by atoms with E-state index in [0.29, 0.717) is 11.4 Å². The highest BCUT2D eigenvalue weighted by Gasteiger charge is 2.34. The summed E-state index contributed by atoms with van der Waals surface area (Å²) in [5, 5.41) is 3.51. The zero-order valence-electron chi connectivity index (χ0n) is 23.6. The van der Waals surface area contributed by atoms with Gasteiger partial charge in [-0.25, -0.2) is 8.42 Å². The van der Waals surface area contributed by atoms with Gasteiger partial charge < -0.3 is 10.2 Å². The predicted molar refractivity (Wildman–Crippen MR) is 163 cm³/mol. The molecule has 1 N–H and O–H groups in total. The zero-order valence-corrected chi connectivity index (χ0v) is 25.2. The Balaban J connectivity index is 1.69. The summed E-state index contributed by atoms with van der Waals surface area (Å²) in [6.45, 7) is 3.42. The van der Waals surface area contributed by atoms with Gasteiger partial charge in [-0.3, -0.25) is 13.9 Å². The SMILES string of the molecule is CCC(C(=O)NC1CCCCC1)N(Cc1ccccc1)C(=O)CN(c1cccc(Cl)c1)S(=O)(=O)c1ccc(C)cc1. The van der Waals surface area contributed by atoms with E-state index in [0.717, 1.165) is 47.5 Å². The highest BCUT2D eigenvalue weighted by atomic mass is 35.5. The Hall–Kier alpha value is -3.36. The lowest BCUT2D eigenvalue weighted by Crippen LogP contribution is -2.54. The third kappa shape index (κ3) is 7.89. The zero-order chi connectivity index (χ0) is 29.4. The van der Waals surface area contributed by atoms with Crippen molar-refractivity contribution in [2.24, 2.45) is 0 Å². The monoisotopic (exact) mass is 595 g/mol. The van der Waals surface area contributed by atoms with Crippen molar-refractivity contribution in [2.75, 3.05) is 10.8 Å². The first kappa shape index (κ1) is 30.6. The Morgan fingerprint density at radius 1 is 0.951 bits per heavy atom. The minimum absolute atomic E-state index is 0.0626. The largest absolute Gasteiger partial charge is 0.352 e. The lowest BCUT2D eigenvalue weighted by atomic mass is 9.95. The average Bonchev–Trinajstić information content (AvgIpc) is 2.97. The molecule has 0 saturated heterocycles. The van der Waals surface area contributed by atoms with Gasteiger partial charge in [0.25, 0.3) is 10.0 Å². The molecule has 218 valence electrons. The van der Waals surface area contributed by atoms with Gasteiger partial charge in [0.1, 0.15) is 12.6 Å². The maximum absolute atomic E-state index is 14.2. The van der Waals surface area contributed by atoms with Crippen LogP contribution in [0.15, 0.2) is 83.8 Å². The minimum Gasteiger partial charge on any atom is -0.352 e. The Kier molecular flexibility index (Phi) is 10.5. The van der Waals surface area contributed by atoms with Gasteiger partial charge >= 0.3 is 0 Å². The minimum atomic E-state index is -4.14. The first-order valence-corrected chi connectivity index (χ1v) is 16.0. The predicted octanol–water partition coefficient (Wildman–Crippen LogP) is 6.10. The van der Waals surface area contributed by atoms with Crippen LogP contribution in [0, 0.1) is 6.92 Å². The molecule has 0 radical (unpaired) electrons.